The highest BCUT2D eigenvalue weighted by molar-refractivity contribution is 14.1. The number of halogens is 1. The normalized spacial score (nSPS) is 9.52. The summed E-state index contributed by atoms with van der Waals surface area (Å²) in [4.78, 5) is 11.1. The van der Waals surface area contributed by atoms with Crippen LogP contribution in [0.15, 0.2) is 54.6 Å². The third-order valence-corrected chi connectivity index (χ3v) is 3.02. The lowest BCUT2D eigenvalue weighted by Crippen LogP contribution is -2.01. The Bertz CT molecular complexity index is 555. The second-order valence-electron chi connectivity index (χ2n) is 4.65. The number of aryl methyl sites for hydroxylation is 1. The lowest BCUT2D eigenvalue weighted by molar-refractivity contribution is -0.140. The predicted molar refractivity (Wildman–Crippen MR) is 98.6 cm³/mol. The van der Waals surface area contributed by atoms with E-state index >= 15 is 0 Å². The van der Waals surface area contributed by atoms with E-state index in [0.717, 1.165) is 16.9 Å². The molecule has 0 aliphatic rings. The Balaban J connectivity index is 0.000000816. The summed E-state index contributed by atoms with van der Waals surface area (Å²) < 4.78 is 14.5. The minimum absolute atomic E-state index is 0.186. The maximum atomic E-state index is 11.1. The van der Waals surface area contributed by atoms with E-state index < -0.39 is 0 Å². The predicted octanol–water partition coefficient (Wildman–Crippen LogP) is 4.35. The molecule has 23 heavy (non-hydrogen) atoms. The molecule has 0 atom stereocenters. The maximum Gasteiger partial charge on any atom is 0.305 e. The summed E-state index contributed by atoms with van der Waals surface area (Å²) in [5, 5.41) is 0. The molecule has 0 saturated carbocycles. The van der Waals surface area contributed by atoms with Crippen molar-refractivity contribution in [2.45, 2.75) is 19.4 Å². The highest BCUT2D eigenvalue weighted by Gasteiger charge is 2.02. The first-order valence-corrected chi connectivity index (χ1v) is 8.05. The Morgan fingerprint density at radius 3 is 2.13 bits per heavy atom. The van der Waals surface area contributed by atoms with Crippen molar-refractivity contribution in [2.75, 3.05) is 14.2 Å². The number of ether oxygens (including phenoxy) is 2. The minimum Gasteiger partial charge on any atom is -0.489 e. The highest BCUT2D eigenvalue weighted by Crippen LogP contribution is 2.15. The van der Waals surface area contributed by atoms with E-state index in [1.165, 1.54) is 7.11 Å². The van der Waals surface area contributed by atoms with Crippen LogP contribution in [0.4, 0.5) is 0 Å². The lowest BCUT2D eigenvalue weighted by atomic mass is 10.1. The van der Waals surface area contributed by atoms with Gasteiger partial charge in [0.15, 0.2) is 0 Å². The van der Waals surface area contributed by atoms with Gasteiger partial charge in [-0.15, -0.1) is 0 Å². The molecule has 124 valence electrons. The fourth-order valence-electron chi connectivity index (χ4n) is 1.84. The summed E-state index contributed by atoms with van der Waals surface area (Å²) in [5.74, 6) is 0.644. The van der Waals surface area contributed by atoms with E-state index in [9.17, 15) is 4.79 Å². The molecule has 0 N–H and O–H groups in total. The minimum atomic E-state index is -0.186. The van der Waals surface area contributed by atoms with Crippen molar-refractivity contribution < 1.29 is 17.3 Å². The first kappa shape index (κ1) is 19.4. The number of methoxy groups -OCH3 is 1. The van der Waals surface area contributed by atoms with E-state index in [1.54, 1.807) is 30.1 Å². The van der Waals surface area contributed by atoms with Crippen molar-refractivity contribution in [2.24, 2.45) is 0 Å². The van der Waals surface area contributed by atoms with Crippen molar-refractivity contribution in [3.05, 3.63) is 65.7 Å². The van der Waals surface area contributed by atoms with E-state index in [0.29, 0.717) is 19.4 Å². The summed E-state index contributed by atoms with van der Waals surface area (Å²) in [7, 11) is 3.02. The van der Waals surface area contributed by atoms with Crippen molar-refractivity contribution in [1.29, 1.82) is 0 Å². The molecule has 0 spiro atoms. The van der Waals surface area contributed by atoms with Crippen LogP contribution in [0.3, 0.4) is 0 Å². The molecule has 2 rings (SSSR count). The summed E-state index contributed by atoms with van der Waals surface area (Å²) >= 11 is 1.79. The van der Waals surface area contributed by atoms with Gasteiger partial charge in [-0.2, -0.15) is 0 Å². The van der Waals surface area contributed by atoms with Crippen molar-refractivity contribution in [3.8, 4) is 5.75 Å². The molecule has 2 aromatic rings. The van der Waals surface area contributed by atoms with Gasteiger partial charge in [-0.3, -0.25) is 4.79 Å². The monoisotopic (exact) mass is 428 g/mol. The topological polar surface area (TPSA) is 44.8 Å². The van der Waals surface area contributed by atoms with Crippen molar-refractivity contribution >= 4 is 29.0 Å². The number of hydrogen-bond acceptors (Lipinski definition) is 4. The van der Waals surface area contributed by atoms with E-state index in [4.69, 9.17) is 4.74 Å². The molecule has 0 aromatic heterocycles. The van der Waals surface area contributed by atoms with Gasteiger partial charge in [0.1, 0.15) is 35.4 Å². The number of carbonyl (C=O) groups excluding carboxylic acids is 1. The van der Waals surface area contributed by atoms with Gasteiger partial charge in [0.25, 0.3) is 0 Å². The van der Waals surface area contributed by atoms with Gasteiger partial charge >= 0.3 is 5.97 Å². The van der Waals surface area contributed by atoms with Gasteiger partial charge in [-0.25, -0.2) is 0 Å². The molecule has 0 radical (unpaired) electrons. The molecule has 0 aliphatic heterocycles. The van der Waals surface area contributed by atoms with Gasteiger partial charge in [-0.05, 0) is 29.7 Å². The molecular weight excluding hydrogens is 407 g/mol. The quantitative estimate of drug-likeness (QED) is 0.507. The van der Waals surface area contributed by atoms with Crippen LogP contribution in [-0.4, -0.2) is 20.2 Å². The standard InChI is InChI=1S/C17H18O3.CH3IO/c1-19-17(18)12-9-14-7-10-16(11-8-14)20-13-15-5-3-2-4-6-15;1-3-2/h2-8,10-11H,9,12-13H2,1H3;1H3. The van der Waals surface area contributed by atoms with Crippen LogP contribution in [0.2, 0.25) is 0 Å². The molecule has 0 bridgehead atoms. The lowest BCUT2D eigenvalue weighted by Gasteiger charge is -2.07. The Kier molecular flexibility index (Phi) is 10.1. The molecule has 0 saturated heterocycles. The number of carbonyl (C=O) groups is 1. The van der Waals surface area contributed by atoms with Crippen LogP contribution in [0, 0.1) is 0 Å². The summed E-state index contributed by atoms with van der Waals surface area (Å²) in [6.07, 6.45) is 1.09. The Morgan fingerprint density at radius 2 is 1.57 bits per heavy atom. The van der Waals surface area contributed by atoms with Crippen LogP contribution in [-0.2, 0) is 25.6 Å². The third-order valence-electron chi connectivity index (χ3n) is 3.02. The van der Waals surface area contributed by atoms with Crippen LogP contribution in [0.5, 0.6) is 5.75 Å². The highest BCUT2D eigenvalue weighted by atomic mass is 127. The smallest absolute Gasteiger partial charge is 0.305 e. The Morgan fingerprint density at radius 1 is 0.957 bits per heavy atom. The first-order chi connectivity index (χ1) is 11.2. The van der Waals surface area contributed by atoms with Gasteiger partial charge in [0, 0.05) is 13.5 Å². The van der Waals surface area contributed by atoms with Gasteiger partial charge in [-0.1, -0.05) is 42.5 Å². The first-order valence-electron chi connectivity index (χ1n) is 7.16. The van der Waals surface area contributed by atoms with Gasteiger partial charge in [0.05, 0.1) is 7.11 Å². The summed E-state index contributed by atoms with van der Waals surface area (Å²) in [5.41, 5.74) is 2.24. The molecular formula is C18H21IO4. The zero-order valence-electron chi connectivity index (χ0n) is 13.3. The molecule has 0 heterocycles. The number of hydrogen-bond donors (Lipinski definition) is 0. The molecule has 2 aromatic carbocycles. The maximum absolute atomic E-state index is 11.1. The fraction of sp³-hybridized carbons (Fsp3) is 0.278. The fourth-order valence-corrected chi connectivity index (χ4v) is 1.84. The average Bonchev–Trinajstić information content (AvgIpc) is 2.60. The second kappa shape index (κ2) is 11.9. The number of benzene rings is 2. The van der Waals surface area contributed by atoms with Crippen molar-refractivity contribution in [1.82, 2.24) is 0 Å². The van der Waals surface area contributed by atoms with Crippen LogP contribution < -0.4 is 4.74 Å². The second-order valence-corrected chi connectivity index (χ2v) is 5.53. The number of rotatable bonds is 6. The largest absolute Gasteiger partial charge is 0.489 e. The van der Waals surface area contributed by atoms with Crippen LogP contribution in [0.25, 0.3) is 0 Å². The SMILES string of the molecule is COC(=O)CCc1ccc(OCc2ccccc2)cc1.COI. The summed E-state index contributed by atoms with van der Waals surface area (Å²) in [6.45, 7) is 0.558. The number of esters is 1. The third kappa shape index (κ3) is 8.56. The van der Waals surface area contributed by atoms with E-state index in [1.807, 2.05) is 54.6 Å². The van der Waals surface area contributed by atoms with E-state index in [-0.39, 0.29) is 5.97 Å². The molecule has 0 unspecified atom stereocenters. The van der Waals surface area contributed by atoms with Crippen molar-refractivity contribution in [3.63, 3.8) is 0 Å². The molecule has 0 fully saturated rings. The Hall–Kier alpha value is -1.60. The molecule has 5 heteroatoms. The zero-order chi connectivity index (χ0) is 16.9. The molecule has 4 nitrogen and oxygen atoms in total. The molecule has 0 amide bonds. The van der Waals surface area contributed by atoms with Crippen LogP contribution in [0.1, 0.15) is 17.5 Å². The molecule has 0 aliphatic carbocycles. The average molecular weight is 428 g/mol. The Labute approximate surface area is 151 Å². The van der Waals surface area contributed by atoms with Gasteiger partial charge < -0.3 is 12.5 Å². The van der Waals surface area contributed by atoms with E-state index in [2.05, 4.69) is 7.80 Å². The van der Waals surface area contributed by atoms with Crippen LogP contribution >= 0.6 is 23.0 Å². The zero-order valence-corrected chi connectivity index (χ0v) is 15.5. The van der Waals surface area contributed by atoms with Gasteiger partial charge in [0.2, 0.25) is 0 Å². The summed E-state index contributed by atoms with van der Waals surface area (Å²) in [6, 6.07) is 17.8.